The van der Waals surface area contributed by atoms with Gasteiger partial charge in [-0.3, -0.25) is 0 Å². The Morgan fingerprint density at radius 2 is 2.07 bits per heavy atom. The normalized spacial score (nSPS) is 10.3. The molecule has 0 bridgehead atoms. The van der Waals surface area contributed by atoms with Crippen LogP contribution in [0.2, 0.25) is 0 Å². The molecule has 0 saturated heterocycles. The van der Waals surface area contributed by atoms with E-state index in [0.717, 1.165) is 5.56 Å². The number of hydrogen-bond donors (Lipinski definition) is 1. The Kier molecular flexibility index (Phi) is 3.12. The van der Waals surface area contributed by atoms with Crippen molar-refractivity contribution in [3.05, 3.63) is 29.3 Å². The number of ether oxygens (including phenoxy) is 1. The first kappa shape index (κ1) is 10.6. The minimum absolute atomic E-state index is 0.391. The zero-order valence-electron chi connectivity index (χ0n) is 8.70. The first-order valence-corrected chi connectivity index (χ1v) is 4.54. The highest BCUT2D eigenvalue weighted by atomic mass is 16.5. The molecule has 14 heavy (non-hydrogen) atoms. The van der Waals surface area contributed by atoms with Gasteiger partial charge in [0.15, 0.2) is 0 Å². The second-order valence-corrected chi connectivity index (χ2v) is 3.49. The van der Waals surface area contributed by atoms with Crippen LogP contribution in [0.3, 0.4) is 0 Å². The highest BCUT2D eigenvalue weighted by Gasteiger charge is 2.10. The molecule has 3 nitrogen and oxygen atoms in total. The molecule has 0 atom stereocenters. The number of anilines is 1. The van der Waals surface area contributed by atoms with Gasteiger partial charge >= 0.3 is 5.97 Å². The van der Waals surface area contributed by atoms with E-state index in [1.807, 2.05) is 12.1 Å². The molecule has 0 aliphatic heterocycles. The van der Waals surface area contributed by atoms with E-state index in [1.54, 1.807) is 6.07 Å². The molecule has 0 unspecified atom stereocenters. The smallest absolute Gasteiger partial charge is 0.339 e. The van der Waals surface area contributed by atoms with Gasteiger partial charge in [0.25, 0.3) is 0 Å². The number of esters is 1. The van der Waals surface area contributed by atoms with Crippen LogP contribution in [0, 0.1) is 0 Å². The monoisotopic (exact) mass is 193 g/mol. The van der Waals surface area contributed by atoms with E-state index in [2.05, 4.69) is 18.6 Å². The molecule has 0 aromatic heterocycles. The van der Waals surface area contributed by atoms with Gasteiger partial charge in [-0.25, -0.2) is 4.79 Å². The van der Waals surface area contributed by atoms with Crippen LogP contribution in [-0.2, 0) is 4.74 Å². The summed E-state index contributed by atoms with van der Waals surface area (Å²) in [5, 5.41) is 0. The van der Waals surface area contributed by atoms with Crippen LogP contribution in [0.15, 0.2) is 18.2 Å². The standard InChI is InChI=1S/C11H15NO2/c1-7(2)8-4-5-9(10(12)6-8)11(13)14-3/h4-7H,12H2,1-3H3. The number of benzene rings is 1. The molecule has 1 aromatic carbocycles. The Morgan fingerprint density at radius 3 is 2.50 bits per heavy atom. The topological polar surface area (TPSA) is 52.3 Å². The van der Waals surface area contributed by atoms with Crippen molar-refractivity contribution in [3.63, 3.8) is 0 Å². The molecule has 0 spiro atoms. The van der Waals surface area contributed by atoms with E-state index in [9.17, 15) is 4.79 Å². The van der Waals surface area contributed by atoms with Crippen LogP contribution in [0.1, 0.15) is 35.7 Å². The largest absolute Gasteiger partial charge is 0.465 e. The average molecular weight is 193 g/mol. The van der Waals surface area contributed by atoms with Gasteiger partial charge in [0.05, 0.1) is 12.7 Å². The third-order valence-electron chi connectivity index (χ3n) is 2.15. The molecule has 1 aromatic rings. The van der Waals surface area contributed by atoms with E-state index in [1.165, 1.54) is 7.11 Å². The predicted octanol–water partition coefficient (Wildman–Crippen LogP) is 2.18. The Labute approximate surface area is 83.9 Å². The fraction of sp³-hybridized carbons (Fsp3) is 0.364. The Bertz CT molecular complexity index is 345. The van der Waals surface area contributed by atoms with Crippen molar-refractivity contribution in [2.24, 2.45) is 0 Å². The molecule has 3 heteroatoms. The van der Waals surface area contributed by atoms with Crippen molar-refractivity contribution in [2.75, 3.05) is 12.8 Å². The first-order chi connectivity index (χ1) is 6.56. The highest BCUT2D eigenvalue weighted by molar-refractivity contribution is 5.95. The van der Waals surface area contributed by atoms with Crippen LogP contribution < -0.4 is 5.73 Å². The van der Waals surface area contributed by atoms with Crippen molar-refractivity contribution < 1.29 is 9.53 Å². The Balaban J connectivity index is 3.07. The Morgan fingerprint density at radius 1 is 1.43 bits per heavy atom. The third kappa shape index (κ3) is 2.05. The number of hydrogen-bond acceptors (Lipinski definition) is 3. The summed E-state index contributed by atoms with van der Waals surface area (Å²) in [7, 11) is 1.35. The van der Waals surface area contributed by atoms with E-state index in [4.69, 9.17) is 5.73 Å². The van der Waals surface area contributed by atoms with Gasteiger partial charge < -0.3 is 10.5 Å². The van der Waals surface area contributed by atoms with Crippen LogP contribution in [0.4, 0.5) is 5.69 Å². The van der Waals surface area contributed by atoms with Crippen molar-refractivity contribution >= 4 is 11.7 Å². The second kappa shape index (κ2) is 4.13. The number of carbonyl (C=O) groups excluding carboxylic acids is 1. The first-order valence-electron chi connectivity index (χ1n) is 4.54. The number of rotatable bonds is 2. The van der Waals surface area contributed by atoms with Crippen LogP contribution in [-0.4, -0.2) is 13.1 Å². The molecule has 76 valence electrons. The Hall–Kier alpha value is -1.51. The summed E-state index contributed by atoms with van der Waals surface area (Å²) in [6.45, 7) is 4.15. The second-order valence-electron chi connectivity index (χ2n) is 3.49. The van der Waals surface area contributed by atoms with Crippen molar-refractivity contribution in [2.45, 2.75) is 19.8 Å². The lowest BCUT2D eigenvalue weighted by Crippen LogP contribution is -2.06. The highest BCUT2D eigenvalue weighted by Crippen LogP contribution is 2.20. The quantitative estimate of drug-likeness (QED) is 0.578. The molecular formula is C11H15NO2. The number of carbonyl (C=O) groups is 1. The van der Waals surface area contributed by atoms with Gasteiger partial charge in [-0.2, -0.15) is 0 Å². The van der Waals surface area contributed by atoms with E-state index in [-0.39, 0.29) is 0 Å². The lowest BCUT2D eigenvalue weighted by atomic mass is 10.0. The van der Waals surface area contributed by atoms with Gasteiger partial charge in [0.2, 0.25) is 0 Å². The predicted molar refractivity (Wildman–Crippen MR) is 56.3 cm³/mol. The van der Waals surface area contributed by atoms with Gasteiger partial charge in [0.1, 0.15) is 0 Å². The summed E-state index contributed by atoms with van der Waals surface area (Å²) in [6.07, 6.45) is 0. The molecule has 0 aliphatic carbocycles. The van der Waals surface area contributed by atoms with Crippen molar-refractivity contribution in [1.29, 1.82) is 0 Å². The maximum Gasteiger partial charge on any atom is 0.339 e. The lowest BCUT2D eigenvalue weighted by Gasteiger charge is -2.08. The third-order valence-corrected chi connectivity index (χ3v) is 2.15. The van der Waals surface area contributed by atoms with E-state index in [0.29, 0.717) is 17.2 Å². The van der Waals surface area contributed by atoms with Crippen LogP contribution in [0.25, 0.3) is 0 Å². The van der Waals surface area contributed by atoms with Gasteiger partial charge in [-0.05, 0) is 23.6 Å². The summed E-state index contributed by atoms with van der Waals surface area (Å²) < 4.78 is 4.60. The zero-order valence-corrected chi connectivity index (χ0v) is 8.70. The van der Waals surface area contributed by atoms with Crippen molar-refractivity contribution in [3.8, 4) is 0 Å². The molecule has 0 amide bonds. The fourth-order valence-electron chi connectivity index (χ4n) is 1.24. The molecule has 0 saturated carbocycles. The fourth-order valence-corrected chi connectivity index (χ4v) is 1.24. The molecular weight excluding hydrogens is 178 g/mol. The maximum absolute atomic E-state index is 11.2. The number of nitrogen functional groups attached to an aromatic ring is 1. The molecule has 0 fully saturated rings. The summed E-state index contributed by atoms with van der Waals surface area (Å²) in [4.78, 5) is 11.2. The number of nitrogens with two attached hydrogens (primary N) is 1. The lowest BCUT2D eigenvalue weighted by molar-refractivity contribution is 0.0602. The molecule has 0 aliphatic rings. The van der Waals surface area contributed by atoms with Gasteiger partial charge in [0, 0.05) is 5.69 Å². The summed E-state index contributed by atoms with van der Waals surface area (Å²) in [5.41, 5.74) is 7.76. The minimum atomic E-state index is -0.391. The van der Waals surface area contributed by atoms with Crippen LogP contribution >= 0.6 is 0 Å². The number of methoxy groups -OCH3 is 1. The summed E-state index contributed by atoms with van der Waals surface area (Å²) in [5.74, 6) is 0.0156. The molecule has 1 rings (SSSR count). The molecule has 0 radical (unpaired) electrons. The SMILES string of the molecule is COC(=O)c1ccc(C(C)C)cc1N. The molecule has 0 heterocycles. The maximum atomic E-state index is 11.2. The summed E-state index contributed by atoms with van der Waals surface area (Å²) >= 11 is 0. The zero-order chi connectivity index (χ0) is 10.7. The van der Waals surface area contributed by atoms with Gasteiger partial charge in [-0.1, -0.05) is 19.9 Å². The van der Waals surface area contributed by atoms with Crippen molar-refractivity contribution in [1.82, 2.24) is 0 Å². The minimum Gasteiger partial charge on any atom is -0.465 e. The van der Waals surface area contributed by atoms with E-state index >= 15 is 0 Å². The van der Waals surface area contributed by atoms with Gasteiger partial charge in [-0.15, -0.1) is 0 Å². The summed E-state index contributed by atoms with van der Waals surface area (Å²) in [6, 6.07) is 5.42. The van der Waals surface area contributed by atoms with Crippen LogP contribution in [0.5, 0.6) is 0 Å². The van der Waals surface area contributed by atoms with E-state index < -0.39 is 5.97 Å². The molecule has 2 N–H and O–H groups in total. The average Bonchev–Trinajstić information content (AvgIpc) is 2.16.